The zero-order valence-corrected chi connectivity index (χ0v) is 9.73. The number of urea groups is 1. The van der Waals surface area contributed by atoms with Gasteiger partial charge < -0.3 is 11.1 Å². The molecule has 1 heterocycles. The van der Waals surface area contributed by atoms with Gasteiger partial charge in [0, 0.05) is 18.9 Å². The molecule has 1 aromatic carbocycles. The zero-order chi connectivity index (χ0) is 13.8. The summed E-state index contributed by atoms with van der Waals surface area (Å²) in [6, 6.07) is 2.33. The number of carbonyl (C=O) groups excluding carboxylic acids is 2. The molecule has 1 aliphatic carbocycles. The van der Waals surface area contributed by atoms with Crippen LogP contribution in [0.2, 0.25) is 0 Å². The largest absolute Gasteiger partial charge is 0.393 e. The van der Waals surface area contributed by atoms with Crippen LogP contribution in [0, 0.1) is 10.1 Å². The summed E-state index contributed by atoms with van der Waals surface area (Å²) >= 11 is 0. The molecule has 0 saturated carbocycles. The molecule has 3 amide bonds. The monoisotopic (exact) mass is 262 g/mol. The van der Waals surface area contributed by atoms with Crippen LogP contribution in [0.15, 0.2) is 12.1 Å². The van der Waals surface area contributed by atoms with Gasteiger partial charge in [-0.15, -0.1) is 0 Å². The van der Waals surface area contributed by atoms with Crippen molar-refractivity contribution < 1.29 is 14.5 Å². The summed E-state index contributed by atoms with van der Waals surface area (Å²) in [5, 5.41) is 15.6. The van der Waals surface area contributed by atoms with E-state index < -0.39 is 22.4 Å². The van der Waals surface area contributed by atoms with E-state index in [4.69, 9.17) is 5.73 Å². The molecule has 1 aliphatic heterocycles. The number of imide groups is 1. The third-order valence-electron chi connectivity index (χ3n) is 3.54. The fraction of sp³-hybridized carbons (Fsp3) is 0.273. The summed E-state index contributed by atoms with van der Waals surface area (Å²) in [5.74, 6) is -0.407. The number of hydrogen-bond donors (Lipinski definition) is 3. The lowest BCUT2D eigenvalue weighted by molar-refractivity contribution is -0.384. The number of nitrogen functional groups attached to an aromatic ring is 1. The lowest BCUT2D eigenvalue weighted by Crippen LogP contribution is -2.47. The smallest absolute Gasteiger partial charge is 0.322 e. The summed E-state index contributed by atoms with van der Waals surface area (Å²) in [5.41, 5.74) is 5.88. The molecule has 1 fully saturated rings. The van der Waals surface area contributed by atoms with Gasteiger partial charge in [-0.05, 0) is 17.2 Å². The Bertz CT molecular complexity index is 642. The Morgan fingerprint density at radius 2 is 1.89 bits per heavy atom. The fourth-order valence-corrected chi connectivity index (χ4v) is 2.67. The second kappa shape index (κ2) is 3.44. The molecule has 1 aromatic rings. The average molecular weight is 262 g/mol. The maximum atomic E-state index is 11.8. The van der Waals surface area contributed by atoms with Crippen molar-refractivity contribution in [2.75, 3.05) is 5.73 Å². The standard InChI is InChI=1S/C11H10N4O4/c12-7-1-5-3-11(9(16)13-10(17)14-11)4-6(5)2-8(7)15(18)19/h1-2H,3-4,12H2,(H2,13,14,16,17). The normalized spacial score (nSPS) is 24.2. The number of anilines is 1. The van der Waals surface area contributed by atoms with E-state index in [1.54, 1.807) is 0 Å². The van der Waals surface area contributed by atoms with Gasteiger partial charge in [0.2, 0.25) is 0 Å². The van der Waals surface area contributed by atoms with Crippen molar-refractivity contribution in [2.45, 2.75) is 18.4 Å². The molecule has 0 bridgehead atoms. The molecule has 1 atom stereocenters. The summed E-state index contributed by atoms with van der Waals surface area (Å²) in [6.45, 7) is 0. The van der Waals surface area contributed by atoms with Crippen LogP contribution in [-0.4, -0.2) is 22.4 Å². The Morgan fingerprint density at radius 3 is 2.42 bits per heavy atom. The molecule has 2 aliphatic rings. The number of nitro groups is 1. The van der Waals surface area contributed by atoms with E-state index in [2.05, 4.69) is 10.6 Å². The van der Waals surface area contributed by atoms with Crippen LogP contribution in [0.5, 0.6) is 0 Å². The number of nitrogens with one attached hydrogen (secondary N) is 2. The molecular formula is C11H10N4O4. The molecule has 19 heavy (non-hydrogen) atoms. The van der Waals surface area contributed by atoms with Gasteiger partial charge in [-0.2, -0.15) is 0 Å². The van der Waals surface area contributed by atoms with Crippen molar-refractivity contribution in [1.82, 2.24) is 10.6 Å². The molecule has 8 heteroatoms. The van der Waals surface area contributed by atoms with E-state index >= 15 is 0 Å². The first-order valence-electron chi connectivity index (χ1n) is 5.60. The Kier molecular flexibility index (Phi) is 2.07. The first-order valence-corrected chi connectivity index (χ1v) is 5.60. The maximum absolute atomic E-state index is 11.8. The number of amides is 3. The first kappa shape index (κ1) is 11.5. The summed E-state index contributed by atoms with van der Waals surface area (Å²) in [4.78, 5) is 33.3. The second-order valence-electron chi connectivity index (χ2n) is 4.78. The molecule has 3 rings (SSSR count). The number of fused-ring (bicyclic) bond motifs is 1. The van der Waals surface area contributed by atoms with Gasteiger partial charge in [0.25, 0.3) is 11.6 Å². The highest BCUT2D eigenvalue weighted by molar-refractivity contribution is 6.07. The fourth-order valence-electron chi connectivity index (χ4n) is 2.67. The van der Waals surface area contributed by atoms with E-state index in [0.29, 0.717) is 12.0 Å². The van der Waals surface area contributed by atoms with Gasteiger partial charge in [0.05, 0.1) is 4.92 Å². The van der Waals surface area contributed by atoms with Gasteiger partial charge in [0.15, 0.2) is 0 Å². The third kappa shape index (κ3) is 1.53. The van der Waals surface area contributed by atoms with Gasteiger partial charge >= 0.3 is 6.03 Å². The molecule has 1 spiro atoms. The first-order chi connectivity index (χ1) is 8.91. The van der Waals surface area contributed by atoms with Crippen molar-refractivity contribution in [1.29, 1.82) is 0 Å². The molecular weight excluding hydrogens is 252 g/mol. The summed E-state index contributed by atoms with van der Waals surface area (Å²) < 4.78 is 0. The lowest BCUT2D eigenvalue weighted by atomic mass is 9.96. The van der Waals surface area contributed by atoms with Crippen molar-refractivity contribution >= 4 is 23.3 Å². The number of benzene rings is 1. The molecule has 4 N–H and O–H groups in total. The molecule has 8 nitrogen and oxygen atoms in total. The minimum absolute atomic E-state index is 0.0607. The highest BCUT2D eigenvalue weighted by Gasteiger charge is 2.50. The third-order valence-corrected chi connectivity index (χ3v) is 3.54. The van der Waals surface area contributed by atoms with Crippen molar-refractivity contribution in [2.24, 2.45) is 0 Å². The van der Waals surface area contributed by atoms with Crippen LogP contribution in [-0.2, 0) is 17.6 Å². The lowest BCUT2D eigenvalue weighted by Gasteiger charge is -2.18. The van der Waals surface area contributed by atoms with Crippen LogP contribution in [0.4, 0.5) is 16.2 Å². The van der Waals surface area contributed by atoms with Crippen LogP contribution in [0.3, 0.4) is 0 Å². The van der Waals surface area contributed by atoms with E-state index in [9.17, 15) is 19.7 Å². The van der Waals surface area contributed by atoms with Crippen LogP contribution < -0.4 is 16.4 Å². The molecule has 98 valence electrons. The quantitative estimate of drug-likeness (QED) is 0.281. The highest BCUT2D eigenvalue weighted by atomic mass is 16.6. The summed E-state index contributed by atoms with van der Waals surface area (Å²) in [7, 11) is 0. The van der Waals surface area contributed by atoms with E-state index in [-0.39, 0.29) is 17.8 Å². The number of nitrogens with zero attached hydrogens (tertiary/aromatic N) is 1. The summed E-state index contributed by atoms with van der Waals surface area (Å²) in [6.07, 6.45) is 0.531. The van der Waals surface area contributed by atoms with Gasteiger partial charge in [-0.25, -0.2) is 4.79 Å². The number of hydrogen-bond acceptors (Lipinski definition) is 5. The van der Waals surface area contributed by atoms with Gasteiger partial charge in [-0.1, -0.05) is 0 Å². The maximum Gasteiger partial charge on any atom is 0.322 e. The SMILES string of the molecule is Nc1cc2c(cc1[N+](=O)[O-])CC1(C2)NC(=O)NC1=O. The number of carbonyl (C=O) groups is 2. The molecule has 1 unspecified atom stereocenters. The number of nitrogens with two attached hydrogens (primary N) is 1. The van der Waals surface area contributed by atoms with Crippen LogP contribution in [0.1, 0.15) is 11.1 Å². The van der Waals surface area contributed by atoms with Crippen molar-refractivity contribution in [3.63, 3.8) is 0 Å². The topological polar surface area (TPSA) is 127 Å². The molecule has 0 aromatic heterocycles. The van der Waals surface area contributed by atoms with Crippen LogP contribution >= 0.6 is 0 Å². The van der Waals surface area contributed by atoms with E-state index in [1.807, 2.05) is 0 Å². The Balaban J connectivity index is 2.03. The minimum Gasteiger partial charge on any atom is -0.393 e. The number of nitro benzene ring substituents is 1. The zero-order valence-electron chi connectivity index (χ0n) is 9.73. The van der Waals surface area contributed by atoms with Crippen LogP contribution in [0.25, 0.3) is 0 Å². The van der Waals surface area contributed by atoms with Crippen molar-refractivity contribution in [3.05, 3.63) is 33.4 Å². The Hall–Kier alpha value is -2.64. The minimum atomic E-state index is -1.03. The Labute approximate surface area is 107 Å². The predicted octanol–water partition coefficient (Wildman–Crippen LogP) is -0.146. The molecule has 0 radical (unpaired) electrons. The Morgan fingerprint density at radius 1 is 1.26 bits per heavy atom. The average Bonchev–Trinajstić information content (AvgIpc) is 2.77. The number of rotatable bonds is 1. The van der Waals surface area contributed by atoms with E-state index in [1.165, 1.54) is 12.1 Å². The van der Waals surface area contributed by atoms with Crippen molar-refractivity contribution in [3.8, 4) is 0 Å². The van der Waals surface area contributed by atoms with Gasteiger partial charge in [0.1, 0.15) is 11.2 Å². The molecule has 1 saturated heterocycles. The van der Waals surface area contributed by atoms with Gasteiger partial charge in [-0.3, -0.25) is 20.2 Å². The second-order valence-corrected chi connectivity index (χ2v) is 4.78. The predicted molar refractivity (Wildman–Crippen MR) is 64.3 cm³/mol. The van der Waals surface area contributed by atoms with E-state index in [0.717, 1.165) is 5.56 Å². The highest BCUT2D eigenvalue weighted by Crippen LogP contribution is 2.37.